The van der Waals surface area contributed by atoms with Crippen LogP contribution in [0.4, 0.5) is 24.5 Å². The van der Waals surface area contributed by atoms with Crippen LogP contribution < -0.4 is 4.90 Å². The Kier molecular flexibility index (Phi) is 5.07. The first kappa shape index (κ1) is 19.1. The Morgan fingerprint density at radius 1 is 1.37 bits per heavy atom. The zero-order valence-corrected chi connectivity index (χ0v) is 15.0. The van der Waals surface area contributed by atoms with Crippen LogP contribution >= 0.6 is 0 Å². The van der Waals surface area contributed by atoms with Crippen molar-refractivity contribution in [3.63, 3.8) is 0 Å². The van der Waals surface area contributed by atoms with Crippen molar-refractivity contribution >= 4 is 11.4 Å². The molecule has 0 saturated carbocycles. The Labute approximate surface area is 154 Å². The molecule has 7 nitrogen and oxygen atoms in total. The molecule has 27 heavy (non-hydrogen) atoms. The van der Waals surface area contributed by atoms with Crippen molar-refractivity contribution < 1.29 is 18.1 Å². The van der Waals surface area contributed by atoms with Crippen LogP contribution in [0.1, 0.15) is 44.1 Å². The number of hydrogen-bond acceptors (Lipinski definition) is 5. The number of alkyl halides is 3. The lowest BCUT2D eigenvalue weighted by Crippen LogP contribution is -2.26. The van der Waals surface area contributed by atoms with Crippen LogP contribution in [-0.2, 0) is 12.7 Å². The van der Waals surface area contributed by atoms with E-state index in [1.165, 1.54) is 6.07 Å². The van der Waals surface area contributed by atoms with Crippen molar-refractivity contribution in [2.45, 2.75) is 45.5 Å². The van der Waals surface area contributed by atoms with E-state index >= 15 is 0 Å². The highest BCUT2D eigenvalue weighted by Crippen LogP contribution is 2.42. The van der Waals surface area contributed by atoms with E-state index in [-0.39, 0.29) is 11.7 Å². The summed E-state index contributed by atoms with van der Waals surface area (Å²) >= 11 is 0. The van der Waals surface area contributed by atoms with Crippen LogP contribution in [0.15, 0.2) is 24.5 Å². The minimum Gasteiger partial charge on any atom is -0.356 e. The van der Waals surface area contributed by atoms with E-state index in [1.807, 2.05) is 4.57 Å². The molecule has 0 aliphatic carbocycles. The summed E-state index contributed by atoms with van der Waals surface area (Å²) in [6.07, 6.45) is -1.55. The summed E-state index contributed by atoms with van der Waals surface area (Å²) in [6.45, 7) is 5.31. The van der Waals surface area contributed by atoms with Crippen LogP contribution in [0.25, 0.3) is 0 Å². The average molecular weight is 383 g/mol. The van der Waals surface area contributed by atoms with Gasteiger partial charge in [0.1, 0.15) is 12.0 Å². The summed E-state index contributed by atoms with van der Waals surface area (Å²) in [5.41, 5.74) is -1.40. The minimum atomic E-state index is -4.63. The van der Waals surface area contributed by atoms with Gasteiger partial charge < -0.3 is 9.47 Å². The fraction of sp³-hybridized carbons (Fsp3) is 0.529. The van der Waals surface area contributed by atoms with Crippen molar-refractivity contribution in [1.82, 2.24) is 14.8 Å². The number of halogens is 3. The van der Waals surface area contributed by atoms with Crippen molar-refractivity contribution in [3.05, 3.63) is 46.0 Å². The predicted octanol–water partition coefficient (Wildman–Crippen LogP) is 4.20. The molecule has 0 amide bonds. The summed E-state index contributed by atoms with van der Waals surface area (Å²) in [4.78, 5) is 12.4. The molecule has 10 heteroatoms. The third-order valence-corrected chi connectivity index (χ3v) is 4.57. The topological polar surface area (TPSA) is 77.1 Å². The van der Waals surface area contributed by atoms with E-state index < -0.39 is 22.4 Å². The molecular formula is C17H20F3N5O2. The van der Waals surface area contributed by atoms with Gasteiger partial charge in [0.25, 0.3) is 5.69 Å². The quantitative estimate of drug-likeness (QED) is 0.571. The maximum absolute atomic E-state index is 13.0. The molecule has 1 aromatic heterocycles. The van der Waals surface area contributed by atoms with Gasteiger partial charge in [-0.25, -0.2) is 0 Å². The normalized spacial score (nSPS) is 17.7. The average Bonchev–Trinajstić information content (AvgIpc) is 3.21. The predicted molar refractivity (Wildman–Crippen MR) is 92.3 cm³/mol. The molecule has 1 aliphatic rings. The Balaban J connectivity index is 2.00. The third kappa shape index (κ3) is 3.88. The van der Waals surface area contributed by atoms with Crippen LogP contribution in [0.5, 0.6) is 0 Å². The molecule has 146 valence electrons. The monoisotopic (exact) mass is 383 g/mol. The maximum Gasteiger partial charge on any atom is 0.416 e. The van der Waals surface area contributed by atoms with Gasteiger partial charge in [-0.2, -0.15) is 13.2 Å². The molecule has 3 rings (SSSR count). The first-order valence-corrected chi connectivity index (χ1v) is 8.68. The van der Waals surface area contributed by atoms with Gasteiger partial charge >= 0.3 is 6.18 Å². The number of hydrogen-bond donors (Lipinski definition) is 0. The molecule has 0 spiro atoms. The van der Waals surface area contributed by atoms with Gasteiger partial charge in [-0.15, -0.1) is 10.2 Å². The molecule has 1 saturated heterocycles. The molecule has 0 radical (unpaired) electrons. The highest BCUT2D eigenvalue weighted by molar-refractivity contribution is 5.66. The van der Waals surface area contributed by atoms with E-state index in [0.717, 1.165) is 12.5 Å². The van der Waals surface area contributed by atoms with Gasteiger partial charge in [-0.3, -0.25) is 10.1 Å². The van der Waals surface area contributed by atoms with Gasteiger partial charge in [-0.05, 0) is 30.9 Å². The number of anilines is 1. The highest BCUT2D eigenvalue weighted by atomic mass is 19.4. The van der Waals surface area contributed by atoms with Crippen LogP contribution in [-0.4, -0.2) is 26.2 Å². The largest absolute Gasteiger partial charge is 0.416 e. The zero-order chi connectivity index (χ0) is 19.8. The van der Waals surface area contributed by atoms with E-state index in [4.69, 9.17) is 0 Å². The smallest absolute Gasteiger partial charge is 0.356 e. The number of benzene rings is 1. The Bertz CT molecular complexity index is 834. The summed E-state index contributed by atoms with van der Waals surface area (Å²) in [7, 11) is 0. The molecule has 0 N–H and O–H groups in total. The van der Waals surface area contributed by atoms with Crippen molar-refractivity contribution in [1.29, 1.82) is 0 Å². The first-order valence-electron chi connectivity index (χ1n) is 8.68. The Morgan fingerprint density at radius 3 is 2.74 bits per heavy atom. The Morgan fingerprint density at radius 2 is 2.11 bits per heavy atom. The molecule has 1 atom stereocenters. The first-order chi connectivity index (χ1) is 12.7. The van der Waals surface area contributed by atoms with E-state index in [2.05, 4.69) is 24.0 Å². The van der Waals surface area contributed by atoms with Gasteiger partial charge in [0.05, 0.1) is 16.5 Å². The SMILES string of the molecule is CC(C)Cn1cnnc1C1CCCN1c1ccc(C(F)(F)F)cc1[N+](=O)[O-]. The maximum atomic E-state index is 13.0. The summed E-state index contributed by atoms with van der Waals surface area (Å²) in [5.74, 6) is 1.03. The molecule has 2 heterocycles. The van der Waals surface area contributed by atoms with Crippen molar-refractivity contribution in [2.24, 2.45) is 5.92 Å². The molecule has 2 aromatic rings. The van der Waals surface area contributed by atoms with Crippen LogP contribution in [0.3, 0.4) is 0 Å². The lowest BCUT2D eigenvalue weighted by Gasteiger charge is -2.26. The van der Waals surface area contributed by atoms with Gasteiger partial charge in [0.2, 0.25) is 0 Å². The fourth-order valence-electron chi connectivity index (χ4n) is 3.47. The molecule has 1 aromatic carbocycles. The summed E-state index contributed by atoms with van der Waals surface area (Å²) < 4.78 is 40.8. The zero-order valence-electron chi connectivity index (χ0n) is 15.0. The van der Waals surface area contributed by atoms with Crippen molar-refractivity contribution in [3.8, 4) is 0 Å². The molecule has 1 unspecified atom stereocenters. The number of nitro groups is 1. The number of nitro benzene ring substituents is 1. The minimum absolute atomic E-state index is 0.176. The molecule has 1 fully saturated rings. The number of rotatable bonds is 5. The lowest BCUT2D eigenvalue weighted by atomic mass is 10.1. The van der Waals surface area contributed by atoms with Gasteiger partial charge in [0, 0.05) is 19.2 Å². The fourth-order valence-corrected chi connectivity index (χ4v) is 3.47. The second-order valence-corrected chi connectivity index (χ2v) is 7.05. The van der Waals surface area contributed by atoms with Crippen molar-refractivity contribution in [2.75, 3.05) is 11.4 Å². The second-order valence-electron chi connectivity index (χ2n) is 7.05. The lowest BCUT2D eigenvalue weighted by molar-refractivity contribution is -0.384. The third-order valence-electron chi connectivity index (χ3n) is 4.57. The van der Waals surface area contributed by atoms with E-state index in [1.54, 1.807) is 11.2 Å². The van der Waals surface area contributed by atoms with E-state index in [0.29, 0.717) is 37.3 Å². The highest BCUT2D eigenvalue weighted by Gasteiger charge is 2.37. The molecular weight excluding hydrogens is 363 g/mol. The number of aromatic nitrogens is 3. The molecule has 1 aliphatic heterocycles. The standard InChI is InChI=1S/C17H20F3N5O2/c1-11(2)9-23-10-21-22-16(23)14-4-3-7-24(14)13-6-5-12(17(18,19)20)8-15(13)25(26)27/h5-6,8,10-11,14H,3-4,7,9H2,1-2H3. The Hall–Kier alpha value is -2.65. The van der Waals surface area contributed by atoms with Crippen LogP contribution in [0, 0.1) is 16.0 Å². The second kappa shape index (κ2) is 7.16. The summed E-state index contributed by atoms with van der Waals surface area (Å²) in [5, 5.41) is 19.6. The van der Waals surface area contributed by atoms with Gasteiger partial charge in [0.15, 0.2) is 5.82 Å². The van der Waals surface area contributed by atoms with Crippen LogP contribution in [0.2, 0.25) is 0 Å². The number of nitrogens with zero attached hydrogens (tertiary/aromatic N) is 5. The molecule has 0 bridgehead atoms. The van der Waals surface area contributed by atoms with E-state index in [9.17, 15) is 23.3 Å². The van der Waals surface area contributed by atoms with Gasteiger partial charge in [-0.1, -0.05) is 13.8 Å². The summed E-state index contributed by atoms with van der Waals surface area (Å²) in [6, 6.07) is 2.41.